The molecule has 6 heteroatoms. The van der Waals surface area contributed by atoms with Crippen LogP contribution in [-0.2, 0) is 4.79 Å². The summed E-state index contributed by atoms with van der Waals surface area (Å²) in [6.07, 6.45) is 0. The smallest absolute Gasteiger partial charge is 0.276 e. The number of hydrogen-bond donors (Lipinski definition) is 2. The number of carbonyl (C=O) groups is 1. The van der Waals surface area contributed by atoms with Gasteiger partial charge in [0.15, 0.2) is 18.2 Å². The lowest BCUT2D eigenvalue weighted by molar-refractivity contribution is -0.682. The summed E-state index contributed by atoms with van der Waals surface area (Å²) in [5, 5.41) is 13.6. The summed E-state index contributed by atoms with van der Waals surface area (Å²) in [4.78, 5) is 12.0. The first-order chi connectivity index (χ1) is 10.2. The van der Waals surface area contributed by atoms with Gasteiger partial charge in [-0.25, -0.2) is 8.78 Å². The summed E-state index contributed by atoms with van der Waals surface area (Å²) >= 11 is 0. The Morgan fingerprint density at radius 1 is 1.36 bits per heavy atom. The Morgan fingerprint density at radius 3 is 2.50 bits per heavy atom. The topological polar surface area (TPSA) is 69.5 Å². The van der Waals surface area contributed by atoms with Gasteiger partial charge >= 0.3 is 0 Å². The Morgan fingerprint density at radius 2 is 2.00 bits per heavy atom. The summed E-state index contributed by atoms with van der Waals surface area (Å²) in [6, 6.07) is 5.59. The van der Waals surface area contributed by atoms with Crippen LogP contribution in [0.15, 0.2) is 18.2 Å². The van der Waals surface area contributed by atoms with E-state index >= 15 is 0 Å². The fraction of sp³-hybridized carbons (Fsp3) is 0.500. The van der Waals surface area contributed by atoms with E-state index < -0.39 is 17.2 Å². The summed E-state index contributed by atoms with van der Waals surface area (Å²) in [7, 11) is 0. The molecule has 1 aromatic carbocycles. The highest BCUT2D eigenvalue weighted by atomic mass is 19.2. The Kier molecular flexibility index (Phi) is 6.01. The van der Waals surface area contributed by atoms with E-state index in [1.807, 2.05) is 13.8 Å². The third kappa shape index (κ3) is 4.50. The highest BCUT2D eigenvalue weighted by Gasteiger charge is 2.30. The van der Waals surface area contributed by atoms with Gasteiger partial charge in [-0.2, -0.15) is 5.26 Å². The molecule has 0 saturated heterocycles. The molecule has 2 atom stereocenters. The number of hydrogen-bond acceptors (Lipinski definition) is 2. The lowest BCUT2D eigenvalue weighted by Crippen LogP contribution is -2.87. The van der Waals surface area contributed by atoms with E-state index in [0.717, 1.165) is 12.1 Å². The van der Waals surface area contributed by atoms with Crippen molar-refractivity contribution in [2.45, 2.75) is 39.3 Å². The van der Waals surface area contributed by atoms with E-state index in [4.69, 9.17) is 5.26 Å². The van der Waals surface area contributed by atoms with Gasteiger partial charge < -0.3 is 10.6 Å². The van der Waals surface area contributed by atoms with E-state index in [9.17, 15) is 13.6 Å². The van der Waals surface area contributed by atoms with Crippen molar-refractivity contribution in [3.05, 3.63) is 35.4 Å². The number of halogens is 2. The number of carbonyl (C=O) groups excluding carboxylic acids is 1. The lowest BCUT2D eigenvalue weighted by atomic mass is 9.90. The quantitative estimate of drug-likeness (QED) is 0.838. The molecule has 120 valence electrons. The summed E-state index contributed by atoms with van der Waals surface area (Å²) in [5.74, 6) is -2.09. The molecule has 0 heterocycles. The molecule has 1 aromatic rings. The maximum Gasteiger partial charge on any atom is 0.276 e. The van der Waals surface area contributed by atoms with Crippen LogP contribution in [0.1, 0.15) is 39.3 Å². The van der Waals surface area contributed by atoms with Gasteiger partial charge in [0.1, 0.15) is 11.6 Å². The largest absolute Gasteiger partial charge is 0.333 e. The van der Waals surface area contributed by atoms with E-state index in [1.54, 1.807) is 19.2 Å². The Hall–Kier alpha value is -2.00. The maximum absolute atomic E-state index is 13.2. The first kappa shape index (κ1) is 18.1. The zero-order valence-electron chi connectivity index (χ0n) is 13.3. The molecule has 0 aromatic heterocycles. The first-order valence-electron chi connectivity index (χ1n) is 7.20. The van der Waals surface area contributed by atoms with Crippen LogP contribution in [0.25, 0.3) is 0 Å². The van der Waals surface area contributed by atoms with Crippen LogP contribution in [-0.4, -0.2) is 18.0 Å². The van der Waals surface area contributed by atoms with Crippen LogP contribution in [0, 0.1) is 28.9 Å². The molecule has 1 rings (SSSR count). The van der Waals surface area contributed by atoms with Crippen LogP contribution in [0.5, 0.6) is 0 Å². The highest BCUT2D eigenvalue weighted by Crippen LogP contribution is 2.15. The predicted octanol–water partition coefficient (Wildman–Crippen LogP) is 1.64. The zero-order chi connectivity index (χ0) is 16.9. The SMILES string of the molecule is CC(C)[C@@](C)(C#N)NC(=O)C[NH2+][C@@H](C)c1ccc(F)c(F)c1. The van der Waals surface area contributed by atoms with Crippen molar-refractivity contribution in [2.75, 3.05) is 6.54 Å². The number of nitriles is 1. The molecule has 4 nitrogen and oxygen atoms in total. The van der Waals surface area contributed by atoms with Crippen molar-refractivity contribution in [3.8, 4) is 6.07 Å². The van der Waals surface area contributed by atoms with Crippen LogP contribution in [0.3, 0.4) is 0 Å². The number of nitrogens with one attached hydrogen (secondary N) is 1. The van der Waals surface area contributed by atoms with Crippen LogP contribution in [0.2, 0.25) is 0 Å². The van der Waals surface area contributed by atoms with Crippen molar-refractivity contribution < 1.29 is 18.9 Å². The lowest BCUT2D eigenvalue weighted by Gasteiger charge is -2.27. The molecule has 22 heavy (non-hydrogen) atoms. The van der Waals surface area contributed by atoms with Crippen molar-refractivity contribution in [1.29, 1.82) is 5.26 Å². The summed E-state index contributed by atoms with van der Waals surface area (Å²) in [5.41, 5.74) is -0.325. The van der Waals surface area contributed by atoms with Crippen molar-refractivity contribution >= 4 is 5.91 Å². The molecule has 0 aliphatic rings. The average Bonchev–Trinajstić information content (AvgIpc) is 2.47. The van der Waals surface area contributed by atoms with Gasteiger partial charge in [-0.15, -0.1) is 0 Å². The molecule has 0 bridgehead atoms. The van der Waals surface area contributed by atoms with Gasteiger partial charge in [-0.1, -0.05) is 13.8 Å². The van der Waals surface area contributed by atoms with Crippen molar-refractivity contribution in [1.82, 2.24) is 5.32 Å². The van der Waals surface area contributed by atoms with Gasteiger partial charge in [-0.3, -0.25) is 4.79 Å². The molecular formula is C16H22F2N3O+. The van der Waals surface area contributed by atoms with E-state index in [-0.39, 0.29) is 24.4 Å². The second kappa shape index (κ2) is 7.32. The Labute approximate surface area is 129 Å². The first-order valence-corrected chi connectivity index (χ1v) is 7.20. The fourth-order valence-electron chi connectivity index (χ4n) is 1.86. The van der Waals surface area contributed by atoms with E-state index in [1.165, 1.54) is 6.07 Å². The Balaban J connectivity index is 2.60. The maximum atomic E-state index is 13.2. The molecule has 0 aliphatic carbocycles. The van der Waals surface area contributed by atoms with E-state index in [2.05, 4.69) is 11.4 Å². The zero-order valence-corrected chi connectivity index (χ0v) is 13.3. The molecule has 1 amide bonds. The predicted molar refractivity (Wildman–Crippen MR) is 78.6 cm³/mol. The van der Waals surface area contributed by atoms with E-state index in [0.29, 0.717) is 5.56 Å². The molecule has 0 unspecified atom stereocenters. The number of quaternary nitrogens is 1. The minimum Gasteiger partial charge on any atom is -0.333 e. The number of nitrogens with zero attached hydrogens (tertiary/aromatic N) is 1. The fourth-order valence-corrected chi connectivity index (χ4v) is 1.86. The monoisotopic (exact) mass is 310 g/mol. The van der Waals surface area contributed by atoms with Crippen molar-refractivity contribution in [2.24, 2.45) is 5.92 Å². The minimum absolute atomic E-state index is 0.0231. The summed E-state index contributed by atoms with van der Waals surface area (Å²) < 4.78 is 26.1. The Bertz CT molecular complexity index is 583. The summed E-state index contributed by atoms with van der Waals surface area (Å²) in [6.45, 7) is 7.29. The second-order valence-corrected chi connectivity index (χ2v) is 5.92. The van der Waals surface area contributed by atoms with Gasteiger partial charge in [0.25, 0.3) is 5.91 Å². The number of benzene rings is 1. The third-order valence-electron chi connectivity index (χ3n) is 3.91. The number of nitrogens with two attached hydrogens (primary N) is 1. The standard InChI is InChI=1S/C16H21F2N3O/c1-10(2)16(4,9-19)21-15(22)8-20-11(3)12-5-6-13(17)14(18)7-12/h5-7,10-11,20H,8H2,1-4H3,(H,21,22)/p+1/t11-,16+/m0/s1. The number of amides is 1. The molecule has 0 radical (unpaired) electrons. The highest BCUT2D eigenvalue weighted by molar-refractivity contribution is 5.78. The van der Waals surface area contributed by atoms with Gasteiger partial charge in [0, 0.05) is 5.56 Å². The van der Waals surface area contributed by atoms with Gasteiger partial charge in [0.2, 0.25) is 0 Å². The van der Waals surface area contributed by atoms with Crippen LogP contribution < -0.4 is 10.6 Å². The normalized spacial score (nSPS) is 15.0. The van der Waals surface area contributed by atoms with Gasteiger partial charge in [0.05, 0.1) is 6.07 Å². The van der Waals surface area contributed by atoms with Crippen LogP contribution >= 0.6 is 0 Å². The third-order valence-corrected chi connectivity index (χ3v) is 3.91. The van der Waals surface area contributed by atoms with Gasteiger partial charge in [-0.05, 0) is 38.0 Å². The number of rotatable bonds is 6. The molecule has 0 fully saturated rings. The van der Waals surface area contributed by atoms with Crippen LogP contribution in [0.4, 0.5) is 8.78 Å². The second-order valence-electron chi connectivity index (χ2n) is 5.92. The minimum atomic E-state index is -0.920. The molecule has 0 saturated carbocycles. The molecule has 3 N–H and O–H groups in total. The molecule has 0 aliphatic heterocycles. The average molecular weight is 310 g/mol. The molecular weight excluding hydrogens is 288 g/mol. The van der Waals surface area contributed by atoms with Crippen molar-refractivity contribution in [3.63, 3.8) is 0 Å². The molecule has 0 spiro atoms.